The Labute approximate surface area is 414 Å². The van der Waals surface area contributed by atoms with Crippen LogP contribution in [0.25, 0.3) is 40.0 Å². The molecule has 0 saturated heterocycles. The lowest BCUT2D eigenvalue weighted by molar-refractivity contribution is 0.576. The van der Waals surface area contributed by atoms with Crippen molar-refractivity contribution in [1.29, 1.82) is 0 Å². The van der Waals surface area contributed by atoms with E-state index in [9.17, 15) is 0 Å². The van der Waals surface area contributed by atoms with Gasteiger partial charge in [-0.05, 0) is 194 Å². The fourth-order valence-electron chi connectivity index (χ4n) is 7.04. The Kier molecular flexibility index (Phi) is 20.2. The van der Waals surface area contributed by atoms with Crippen LogP contribution in [0.15, 0.2) is 52.9 Å². The number of hydrogen-bond donors (Lipinski definition) is 0. The zero-order valence-corrected chi connectivity index (χ0v) is 46.0. The van der Waals surface area contributed by atoms with Crippen LogP contribution in [0, 0.1) is 125 Å². The topological polar surface area (TPSA) is 18.1 Å². The van der Waals surface area contributed by atoms with Crippen molar-refractivity contribution in [2.75, 3.05) is 0 Å². The van der Waals surface area contributed by atoms with Crippen LogP contribution in [-0.2, 0) is 7.05 Å². The zero-order valence-electron chi connectivity index (χ0n) is 40.3. The Morgan fingerprint density at radius 2 is 0.906 bits per heavy atom. The second-order valence-corrected chi connectivity index (χ2v) is 25.5. The van der Waals surface area contributed by atoms with E-state index >= 15 is 0 Å². The van der Waals surface area contributed by atoms with Crippen LogP contribution in [0.4, 0.5) is 0 Å². The van der Waals surface area contributed by atoms with Gasteiger partial charge >= 0.3 is 0 Å². The number of aromatic nitrogens is 1. The van der Waals surface area contributed by atoms with Gasteiger partial charge in [-0.1, -0.05) is 33.1 Å². The third kappa shape index (κ3) is 12.8. The Bertz CT molecular complexity index is 2920. The maximum absolute atomic E-state index is 5.53. The highest BCUT2D eigenvalue weighted by molar-refractivity contribution is 7.28. The second-order valence-electron chi connectivity index (χ2n) is 16.3. The number of benzene rings is 1. The molecule has 0 spiro atoms. The Morgan fingerprint density at radius 1 is 0.406 bits per heavy atom. The maximum Gasteiger partial charge on any atom is 0.148 e. The average Bonchev–Trinajstić information content (AvgIpc) is 4.11. The van der Waals surface area contributed by atoms with Crippen molar-refractivity contribution in [1.82, 2.24) is 4.57 Å². The molecule has 9 heteroatoms. The summed E-state index contributed by atoms with van der Waals surface area (Å²) in [5.41, 5.74) is 13.8. The smallest absolute Gasteiger partial charge is 0.148 e. The number of hydrogen-bond acceptors (Lipinski definition) is 8. The SMILES string of the molecule is C.C.Cc1cc(C)c(C)s1.Cc1cc2sc(C)c(C)c2o1.Cc1cc2sc(C)c(C)c2s1.Cc1sc(C)c(C)c1C.Cc1sc2cc(C)n(C)c2c1C.Cc1sc2ccccc2c1C. The van der Waals surface area contributed by atoms with E-state index in [1.807, 2.05) is 74.9 Å². The van der Waals surface area contributed by atoms with Gasteiger partial charge in [-0.2, -0.15) is 0 Å². The predicted molar refractivity (Wildman–Crippen MR) is 304 cm³/mol. The van der Waals surface area contributed by atoms with Gasteiger partial charge in [0.25, 0.3) is 0 Å². The standard InChI is InChI=1S/C10H13NS.C10H10S.C9H10OS.C9H10S2.C8H12S.C7H10S.2CH4/c1-6-5-9-10(11(6)4)7(2)8(3)12-9;1-7-8(2)11-10-6-4-3-5-9(7)10;2*1-5-4-8-9(10-5)6(2)7(3)11-8;1-5-6(2)8(4)9-7(5)3;1-5-4-6(2)8-7(5)3;;/h5H,1-4H3;3-6H,1-2H3;2*4H,1-3H3;1-4H3;4H,1-3H3;2*1H4. The van der Waals surface area contributed by atoms with Crippen LogP contribution < -0.4 is 0 Å². The molecule has 2 nitrogen and oxygen atoms in total. The van der Waals surface area contributed by atoms with Crippen molar-refractivity contribution < 1.29 is 4.42 Å². The normalized spacial score (nSPS) is 10.5. The van der Waals surface area contributed by atoms with Crippen LogP contribution in [-0.4, -0.2) is 4.57 Å². The van der Waals surface area contributed by atoms with Gasteiger partial charge in [0.05, 0.1) is 14.9 Å². The number of thiophene rings is 7. The van der Waals surface area contributed by atoms with E-state index in [1.165, 1.54) is 123 Å². The van der Waals surface area contributed by atoms with Crippen molar-refractivity contribution in [3.63, 3.8) is 0 Å². The summed E-state index contributed by atoms with van der Waals surface area (Å²) in [6.45, 7) is 38.9. The molecule has 0 amide bonds. The number of fused-ring (bicyclic) bond motifs is 4. The monoisotopic (exact) mass is 987 g/mol. The summed E-state index contributed by atoms with van der Waals surface area (Å²) in [7, 11) is 2.14. The molecule has 0 aliphatic heterocycles. The van der Waals surface area contributed by atoms with Gasteiger partial charge in [0.1, 0.15) is 11.3 Å². The lowest BCUT2D eigenvalue weighted by Crippen LogP contribution is -1.90. The number of rotatable bonds is 0. The van der Waals surface area contributed by atoms with E-state index in [-0.39, 0.29) is 14.9 Å². The first-order chi connectivity index (χ1) is 29.1. The van der Waals surface area contributed by atoms with Crippen LogP contribution in [0.5, 0.6) is 0 Å². The molecule has 0 aliphatic rings. The molecule has 0 atom stereocenters. The van der Waals surface area contributed by atoms with E-state index < -0.39 is 0 Å². The minimum atomic E-state index is 0. The lowest BCUT2D eigenvalue weighted by Gasteiger charge is -1.98. The molecule has 0 bridgehead atoms. The molecule has 1 aromatic carbocycles. The molecule has 0 aliphatic carbocycles. The van der Waals surface area contributed by atoms with E-state index in [2.05, 4.69) is 178 Å². The molecule has 9 heterocycles. The third-order valence-corrected chi connectivity index (χ3v) is 20.0. The van der Waals surface area contributed by atoms with Gasteiger partial charge in [-0.3, -0.25) is 0 Å². The molecule has 0 fully saturated rings. The summed E-state index contributed by atoms with van der Waals surface area (Å²) in [4.78, 5) is 12.9. The second kappa shape index (κ2) is 23.4. The van der Waals surface area contributed by atoms with Crippen LogP contribution in [0.1, 0.15) is 109 Å². The van der Waals surface area contributed by atoms with Crippen molar-refractivity contribution in [2.24, 2.45) is 7.05 Å². The maximum atomic E-state index is 5.53. The van der Waals surface area contributed by atoms with Crippen molar-refractivity contribution >= 4 is 119 Å². The highest BCUT2D eigenvalue weighted by atomic mass is 32.1. The first-order valence-corrected chi connectivity index (χ1v) is 26.8. The molecule has 9 aromatic heterocycles. The molecule has 10 aromatic rings. The molecule has 0 N–H and O–H groups in total. The molecule has 0 radical (unpaired) electrons. The number of furan rings is 1. The fraction of sp³-hybridized carbons (Fsp3) is 0.382. The summed E-state index contributed by atoms with van der Waals surface area (Å²) in [6, 6.07) is 17.4. The zero-order chi connectivity index (χ0) is 45.9. The third-order valence-electron chi connectivity index (χ3n) is 11.8. The Hall–Kier alpha value is -3.28. The Morgan fingerprint density at radius 3 is 1.39 bits per heavy atom. The van der Waals surface area contributed by atoms with E-state index in [4.69, 9.17) is 4.42 Å². The average molecular weight is 989 g/mol. The molecular formula is C55H73NOS7. The summed E-state index contributed by atoms with van der Waals surface area (Å²) in [5, 5.41) is 1.41. The minimum absolute atomic E-state index is 0. The molecule has 346 valence electrons. The van der Waals surface area contributed by atoms with E-state index in [0.717, 1.165) is 11.3 Å². The fourth-order valence-corrected chi connectivity index (χ4v) is 14.8. The van der Waals surface area contributed by atoms with Gasteiger partial charge in [-0.15, -0.1) is 79.4 Å². The van der Waals surface area contributed by atoms with E-state index in [0.29, 0.717) is 0 Å². The number of aryl methyl sites for hydroxylation is 17. The van der Waals surface area contributed by atoms with Crippen LogP contribution >= 0.6 is 79.4 Å². The minimum Gasteiger partial charge on any atom is -0.460 e. The highest BCUT2D eigenvalue weighted by Gasteiger charge is 2.11. The van der Waals surface area contributed by atoms with Crippen LogP contribution in [0.2, 0.25) is 0 Å². The molecule has 0 unspecified atom stereocenters. The first-order valence-electron chi connectivity index (χ1n) is 21.0. The lowest BCUT2D eigenvalue weighted by atomic mass is 10.2. The van der Waals surface area contributed by atoms with Gasteiger partial charge in [0, 0.05) is 76.3 Å². The van der Waals surface area contributed by atoms with Gasteiger partial charge in [0.2, 0.25) is 0 Å². The molecule has 64 heavy (non-hydrogen) atoms. The predicted octanol–water partition coefficient (Wildman–Crippen LogP) is 20.9. The van der Waals surface area contributed by atoms with Gasteiger partial charge in [0.15, 0.2) is 0 Å². The molecule has 10 rings (SSSR count). The van der Waals surface area contributed by atoms with Crippen molar-refractivity contribution in [3.8, 4) is 0 Å². The van der Waals surface area contributed by atoms with Crippen LogP contribution in [0.3, 0.4) is 0 Å². The highest BCUT2D eigenvalue weighted by Crippen LogP contribution is 2.37. The quantitative estimate of drug-likeness (QED) is 0.148. The largest absolute Gasteiger partial charge is 0.460 e. The summed E-state index contributed by atoms with van der Waals surface area (Å²) < 4.78 is 14.9. The summed E-state index contributed by atoms with van der Waals surface area (Å²) in [5.74, 6) is 1.01. The van der Waals surface area contributed by atoms with Gasteiger partial charge < -0.3 is 8.98 Å². The number of nitrogens with zero attached hydrogens (tertiary/aromatic N) is 1. The first kappa shape index (κ1) is 55.1. The Balaban J connectivity index is 0.000000204. The van der Waals surface area contributed by atoms with Crippen molar-refractivity contribution in [2.45, 2.75) is 139 Å². The molecule has 0 saturated carbocycles. The van der Waals surface area contributed by atoms with Gasteiger partial charge in [-0.25, -0.2) is 0 Å². The molecular weight excluding hydrogens is 915 g/mol. The summed E-state index contributed by atoms with van der Waals surface area (Å²) in [6.07, 6.45) is 0. The van der Waals surface area contributed by atoms with Crippen molar-refractivity contribution in [3.05, 3.63) is 143 Å². The van der Waals surface area contributed by atoms with E-state index in [1.54, 1.807) is 11.3 Å². The summed E-state index contributed by atoms with van der Waals surface area (Å²) >= 11 is 13.2.